The number of unbranched alkanes of at least 4 members (excludes halogenated alkanes) is 1. The average Bonchev–Trinajstić information content (AvgIpc) is 3.26. The number of H-pyrrole nitrogens is 1. The van der Waals surface area contributed by atoms with Gasteiger partial charge in [-0.25, -0.2) is 0 Å². The monoisotopic (exact) mass is 484 g/mol. The topological polar surface area (TPSA) is 60.2 Å². The number of nitrogens with zero attached hydrogens (tertiary/aromatic N) is 1. The van der Waals surface area contributed by atoms with Gasteiger partial charge in [-0.2, -0.15) is 13.2 Å². The number of aromatic nitrogens is 1. The quantitative estimate of drug-likeness (QED) is 0.271. The summed E-state index contributed by atoms with van der Waals surface area (Å²) in [4.78, 5) is 17.7. The van der Waals surface area contributed by atoms with Gasteiger partial charge in [-0.15, -0.1) is 0 Å². The van der Waals surface area contributed by atoms with Crippen LogP contribution in [0.25, 0.3) is 17.0 Å². The summed E-state index contributed by atoms with van der Waals surface area (Å²) in [5.74, 6) is -0.100. The van der Waals surface area contributed by atoms with Crippen molar-refractivity contribution in [3.05, 3.63) is 71.9 Å². The number of alkyl halides is 3. The van der Waals surface area contributed by atoms with Crippen molar-refractivity contribution in [3.8, 4) is 0 Å². The molecule has 1 saturated heterocycles. The van der Waals surface area contributed by atoms with Crippen LogP contribution >= 0.6 is 0 Å². The first-order chi connectivity index (χ1) is 16.9. The lowest BCUT2D eigenvalue weighted by molar-refractivity contribution is -0.137. The lowest BCUT2D eigenvalue weighted by atomic mass is 10.0. The molecular weight excluding hydrogens is 453 g/mol. The standard InChI is InChI=1S/C27H31F3N4O/c28-27(29,30)21-6-5-7-23(18-21)33-22-12-16-34(17-13-22)15-4-3-14-31-26(35)11-10-20-19-32-25-9-2-1-8-24(20)25/h1-2,5-11,18-19,22,32-33H,3-4,12-17H2,(H,31,35). The largest absolute Gasteiger partial charge is 0.416 e. The van der Waals surface area contributed by atoms with E-state index < -0.39 is 11.7 Å². The summed E-state index contributed by atoms with van der Waals surface area (Å²) in [5, 5.41) is 7.28. The molecule has 3 N–H and O–H groups in total. The van der Waals surface area contributed by atoms with Gasteiger partial charge in [0.25, 0.3) is 0 Å². The second-order valence-corrected chi connectivity index (χ2v) is 8.96. The van der Waals surface area contributed by atoms with E-state index in [0.29, 0.717) is 12.2 Å². The van der Waals surface area contributed by atoms with Crippen molar-refractivity contribution in [2.45, 2.75) is 37.9 Å². The first-order valence-corrected chi connectivity index (χ1v) is 12.1. The molecule has 1 fully saturated rings. The molecular formula is C27H31F3N4O. The highest BCUT2D eigenvalue weighted by Crippen LogP contribution is 2.31. The normalized spacial score (nSPS) is 15.6. The number of para-hydroxylation sites is 1. The first kappa shape index (κ1) is 24.9. The van der Waals surface area contributed by atoms with Crippen LogP contribution in [0.15, 0.2) is 60.8 Å². The van der Waals surface area contributed by atoms with Crippen LogP contribution in [0.4, 0.5) is 18.9 Å². The summed E-state index contributed by atoms with van der Waals surface area (Å²) in [5.41, 5.74) is 1.93. The van der Waals surface area contributed by atoms with E-state index in [2.05, 4.69) is 20.5 Å². The van der Waals surface area contributed by atoms with Gasteiger partial charge >= 0.3 is 6.18 Å². The van der Waals surface area contributed by atoms with E-state index in [-0.39, 0.29) is 11.9 Å². The molecule has 2 aromatic carbocycles. The molecule has 0 unspecified atom stereocenters. The summed E-state index contributed by atoms with van der Waals surface area (Å²) in [6.45, 7) is 3.41. The molecule has 1 aromatic heterocycles. The van der Waals surface area contributed by atoms with Gasteiger partial charge in [-0.05, 0) is 68.1 Å². The maximum Gasteiger partial charge on any atom is 0.416 e. The number of nitrogens with one attached hydrogen (secondary N) is 3. The minimum absolute atomic E-state index is 0.100. The second kappa shape index (κ2) is 11.4. The number of hydrogen-bond donors (Lipinski definition) is 3. The Labute approximate surface area is 203 Å². The molecule has 0 radical (unpaired) electrons. The van der Waals surface area contributed by atoms with Crippen LogP contribution in [0.3, 0.4) is 0 Å². The van der Waals surface area contributed by atoms with E-state index in [9.17, 15) is 18.0 Å². The molecule has 1 aliphatic rings. The highest BCUT2D eigenvalue weighted by atomic mass is 19.4. The number of likely N-dealkylation sites (tertiary alicyclic amines) is 1. The van der Waals surface area contributed by atoms with Crippen LogP contribution in [0.5, 0.6) is 0 Å². The fourth-order valence-corrected chi connectivity index (χ4v) is 4.45. The summed E-state index contributed by atoms with van der Waals surface area (Å²) in [7, 11) is 0. The van der Waals surface area contributed by atoms with E-state index in [4.69, 9.17) is 0 Å². The molecule has 0 saturated carbocycles. The van der Waals surface area contributed by atoms with E-state index in [1.807, 2.05) is 36.5 Å². The van der Waals surface area contributed by atoms with Crippen LogP contribution in [0.1, 0.15) is 36.8 Å². The number of benzene rings is 2. The number of fused-ring (bicyclic) bond motifs is 1. The summed E-state index contributed by atoms with van der Waals surface area (Å²) >= 11 is 0. The molecule has 3 aromatic rings. The van der Waals surface area contributed by atoms with Crippen molar-refractivity contribution in [3.63, 3.8) is 0 Å². The summed E-state index contributed by atoms with van der Waals surface area (Å²) < 4.78 is 38.7. The van der Waals surface area contributed by atoms with Gasteiger partial charge in [-0.3, -0.25) is 4.79 Å². The number of anilines is 1. The Bertz CT molecular complexity index is 1150. The number of aromatic amines is 1. The van der Waals surface area contributed by atoms with Crippen LogP contribution in [0, 0.1) is 0 Å². The van der Waals surface area contributed by atoms with Gasteiger partial charge in [0.2, 0.25) is 5.91 Å². The highest BCUT2D eigenvalue weighted by molar-refractivity contribution is 5.96. The van der Waals surface area contributed by atoms with Crippen molar-refractivity contribution in [1.29, 1.82) is 0 Å². The zero-order chi connectivity index (χ0) is 24.7. The number of halogens is 3. The van der Waals surface area contributed by atoms with Crippen LogP contribution < -0.4 is 10.6 Å². The van der Waals surface area contributed by atoms with Crippen molar-refractivity contribution >= 4 is 28.6 Å². The first-order valence-electron chi connectivity index (χ1n) is 12.1. The number of carbonyl (C=O) groups excluding carboxylic acids is 1. The molecule has 5 nitrogen and oxygen atoms in total. The zero-order valence-electron chi connectivity index (χ0n) is 19.6. The van der Waals surface area contributed by atoms with Gasteiger partial charge in [0.15, 0.2) is 0 Å². The van der Waals surface area contributed by atoms with Crippen molar-refractivity contribution in [2.75, 3.05) is 31.5 Å². The van der Waals surface area contributed by atoms with Crippen molar-refractivity contribution < 1.29 is 18.0 Å². The minimum Gasteiger partial charge on any atom is -0.382 e. The van der Waals surface area contributed by atoms with Gasteiger partial charge in [0.1, 0.15) is 0 Å². The molecule has 0 atom stereocenters. The minimum atomic E-state index is -4.33. The predicted molar refractivity (Wildman–Crippen MR) is 134 cm³/mol. The SMILES string of the molecule is O=C(C=Cc1c[nH]c2ccccc12)NCCCCN1CCC(Nc2cccc(C(F)(F)F)c2)CC1. The van der Waals surface area contributed by atoms with E-state index >= 15 is 0 Å². The highest BCUT2D eigenvalue weighted by Gasteiger charge is 2.30. The predicted octanol–water partition coefficient (Wildman–Crippen LogP) is 5.67. The van der Waals surface area contributed by atoms with E-state index in [0.717, 1.165) is 67.9 Å². The molecule has 8 heteroatoms. The van der Waals surface area contributed by atoms with Crippen LogP contribution in [-0.4, -0.2) is 48.0 Å². The van der Waals surface area contributed by atoms with Gasteiger partial charge in [-0.1, -0.05) is 24.3 Å². The molecule has 2 heterocycles. The fourth-order valence-electron chi connectivity index (χ4n) is 4.45. The third-order valence-corrected chi connectivity index (χ3v) is 6.38. The van der Waals surface area contributed by atoms with Crippen molar-refractivity contribution in [1.82, 2.24) is 15.2 Å². The average molecular weight is 485 g/mol. The third-order valence-electron chi connectivity index (χ3n) is 6.38. The zero-order valence-corrected chi connectivity index (χ0v) is 19.6. The molecule has 0 aliphatic carbocycles. The van der Waals surface area contributed by atoms with Gasteiger partial charge < -0.3 is 20.5 Å². The van der Waals surface area contributed by atoms with E-state index in [1.165, 1.54) is 12.1 Å². The maximum atomic E-state index is 12.9. The van der Waals surface area contributed by atoms with Crippen molar-refractivity contribution in [2.24, 2.45) is 0 Å². The van der Waals surface area contributed by atoms with E-state index in [1.54, 1.807) is 12.1 Å². The Balaban J connectivity index is 1.10. The number of carbonyl (C=O) groups is 1. The lowest BCUT2D eigenvalue weighted by Crippen LogP contribution is -2.39. The Hall–Kier alpha value is -3.26. The molecule has 0 spiro atoms. The molecule has 0 bridgehead atoms. The summed E-state index contributed by atoms with van der Waals surface area (Å²) in [6, 6.07) is 13.5. The Kier molecular flexibility index (Phi) is 8.13. The number of rotatable bonds is 9. The summed E-state index contributed by atoms with van der Waals surface area (Å²) in [6.07, 6.45) is 4.63. The molecule has 4 rings (SSSR count). The molecule has 35 heavy (non-hydrogen) atoms. The maximum absolute atomic E-state index is 12.9. The molecule has 1 amide bonds. The van der Waals surface area contributed by atoms with Gasteiger partial charge in [0.05, 0.1) is 5.56 Å². The van der Waals surface area contributed by atoms with Crippen LogP contribution in [0.2, 0.25) is 0 Å². The fraction of sp³-hybridized carbons (Fsp3) is 0.370. The third kappa shape index (κ3) is 7.11. The smallest absolute Gasteiger partial charge is 0.382 e. The number of amides is 1. The Morgan fingerprint density at radius 1 is 1.09 bits per heavy atom. The number of hydrogen-bond acceptors (Lipinski definition) is 3. The molecule has 1 aliphatic heterocycles. The Morgan fingerprint density at radius 3 is 2.69 bits per heavy atom. The van der Waals surface area contributed by atoms with Crippen LogP contribution in [-0.2, 0) is 11.0 Å². The Morgan fingerprint density at radius 2 is 1.89 bits per heavy atom. The number of piperidine rings is 1. The van der Waals surface area contributed by atoms with Gasteiger partial charge in [0, 0.05) is 54.5 Å². The second-order valence-electron chi connectivity index (χ2n) is 8.96. The lowest BCUT2D eigenvalue weighted by Gasteiger charge is -2.33. The molecule has 186 valence electrons.